The Morgan fingerprint density at radius 2 is 2.30 bits per heavy atom. The van der Waals surface area contributed by atoms with E-state index < -0.39 is 0 Å². The minimum Gasteiger partial charge on any atom is -0.294 e. The van der Waals surface area contributed by atoms with Crippen molar-refractivity contribution < 1.29 is 0 Å². The van der Waals surface area contributed by atoms with Gasteiger partial charge >= 0.3 is 0 Å². The van der Waals surface area contributed by atoms with Crippen molar-refractivity contribution in [1.82, 2.24) is 5.01 Å². The highest BCUT2D eigenvalue weighted by Gasteiger charge is 2.30. The van der Waals surface area contributed by atoms with Crippen LogP contribution in [0.2, 0.25) is 0 Å². The molecule has 1 aliphatic carbocycles. The van der Waals surface area contributed by atoms with E-state index >= 15 is 0 Å². The molecule has 2 nitrogen and oxygen atoms in total. The summed E-state index contributed by atoms with van der Waals surface area (Å²) in [7, 11) is 0. The highest BCUT2D eigenvalue weighted by atomic mass is 15.5. The molecule has 2 aliphatic rings. The van der Waals surface area contributed by atoms with Crippen molar-refractivity contribution in [2.75, 3.05) is 6.54 Å². The molecule has 0 aromatic heterocycles. The van der Waals surface area contributed by atoms with E-state index in [1.807, 2.05) is 6.21 Å². The van der Waals surface area contributed by atoms with Crippen molar-refractivity contribution in [3.05, 3.63) is 0 Å². The van der Waals surface area contributed by atoms with Crippen LogP contribution in [-0.2, 0) is 0 Å². The second-order valence-electron chi connectivity index (χ2n) is 3.48. The van der Waals surface area contributed by atoms with Gasteiger partial charge in [0, 0.05) is 25.2 Å². The SMILES string of the molecule is CC1CC(N2CCC=N2)C1. The zero-order chi connectivity index (χ0) is 6.97. The van der Waals surface area contributed by atoms with Gasteiger partial charge in [0.15, 0.2) is 0 Å². The summed E-state index contributed by atoms with van der Waals surface area (Å²) in [6.07, 6.45) is 5.91. The Bertz CT molecular complexity index is 147. The lowest BCUT2D eigenvalue weighted by atomic mass is 9.81. The highest BCUT2D eigenvalue weighted by Crippen LogP contribution is 2.31. The normalized spacial score (nSPS) is 38.3. The fraction of sp³-hybridized carbons (Fsp3) is 0.875. The van der Waals surface area contributed by atoms with E-state index in [0.717, 1.165) is 24.9 Å². The van der Waals surface area contributed by atoms with Crippen LogP contribution >= 0.6 is 0 Å². The average molecular weight is 138 g/mol. The number of hydrogen-bond acceptors (Lipinski definition) is 2. The molecule has 2 heteroatoms. The third kappa shape index (κ3) is 0.917. The molecule has 1 aliphatic heterocycles. The molecule has 0 bridgehead atoms. The topological polar surface area (TPSA) is 15.6 Å². The Morgan fingerprint density at radius 3 is 2.80 bits per heavy atom. The van der Waals surface area contributed by atoms with Gasteiger partial charge in [-0.15, -0.1) is 0 Å². The lowest BCUT2D eigenvalue weighted by molar-refractivity contribution is 0.100. The van der Waals surface area contributed by atoms with Crippen LogP contribution in [0.3, 0.4) is 0 Å². The summed E-state index contributed by atoms with van der Waals surface area (Å²) in [5.41, 5.74) is 0. The van der Waals surface area contributed by atoms with Crippen molar-refractivity contribution in [2.45, 2.75) is 32.2 Å². The van der Waals surface area contributed by atoms with Gasteiger partial charge < -0.3 is 0 Å². The standard InChI is InChI=1S/C8H14N2/c1-7-5-8(6-7)10-4-2-3-9-10/h3,7-8H,2,4-6H2,1H3. The van der Waals surface area contributed by atoms with Crippen LogP contribution in [0.1, 0.15) is 26.2 Å². The van der Waals surface area contributed by atoms with E-state index in [2.05, 4.69) is 17.0 Å². The third-order valence-electron chi connectivity index (χ3n) is 2.49. The minimum atomic E-state index is 0.786. The van der Waals surface area contributed by atoms with Crippen LogP contribution < -0.4 is 0 Å². The first-order chi connectivity index (χ1) is 4.86. The second kappa shape index (κ2) is 2.26. The van der Waals surface area contributed by atoms with Gasteiger partial charge in [-0.1, -0.05) is 6.92 Å². The fourth-order valence-corrected chi connectivity index (χ4v) is 1.79. The van der Waals surface area contributed by atoms with Gasteiger partial charge in [-0.25, -0.2) is 0 Å². The average Bonchev–Trinajstić information content (AvgIpc) is 2.31. The van der Waals surface area contributed by atoms with Crippen LogP contribution in [0.15, 0.2) is 5.10 Å². The van der Waals surface area contributed by atoms with Gasteiger partial charge in [-0.2, -0.15) is 5.10 Å². The molecule has 0 saturated heterocycles. The number of nitrogens with zero attached hydrogens (tertiary/aromatic N) is 2. The van der Waals surface area contributed by atoms with Crippen LogP contribution in [0.25, 0.3) is 0 Å². The number of hydrogen-bond donors (Lipinski definition) is 0. The highest BCUT2D eigenvalue weighted by molar-refractivity contribution is 5.58. The van der Waals surface area contributed by atoms with Crippen LogP contribution in [0, 0.1) is 5.92 Å². The molecule has 0 amide bonds. The van der Waals surface area contributed by atoms with E-state index in [-0.39, 0.29) is 0 Å². The number of hydrazone groups is 1. The van der Waals surface area contributed by atoms with Crippen molar-refractivity contribution in [3.8, 4) is 0 Å². The van der Waals surface area contributed by atoms with Gasteiger partial charge in [-0.05, 0) is 18.8 Å². The van der Waals surface area contributed by atoms with Crippen LogP contribution in [0.5, 0.6) is 0 Å². The van der Waals surface area contributed by atoms with Gasteiger partial charge in [0.05, 0.1) is 0 Å². The summed E-state index contributed by atoms with van der Waals surface area (Å²) in [5.74, 6) is 0.945. The van der Waals surface area contributed by atoms with E-state index in [4.69, 9.17) is 0 Å². The summed E-state index contributed by atoms with van der Waals surface area (Å²) >= 11 is 0. The van der Waals surface area contributed by atoms with Crippen LogP contribution in [-0.4, -0.2) is 23.8 Å². The predicted octanol–water partition coefficient (Wildman–Crippen LogP) is 1.48. The van der Waals surface area contributed by atoms with Crippen molar-refractivity contribution in [1.29, 1.82) is 0 Å². The summed E-state index contributed by atoms with van der Waals surface area (Å²) in [6, 6.07) is 0.786. The lowest BCUT2D eigenvalue weighted by Gasteiger charge is -2.38. The lowest BCUT2D eigenvalue weighted by Crippen LogP contribution is -2.39. The Hall–Kier alpha value is -0.530. The summed E-state index contributed by atoms with van der Waals surface area (Å²) in [6.45, 7) is 3.48. The Kier molecular flexibility index (Phi) is 1.40. The summed E-state index contributed by atoms with van der Waals surface area (Å²) < 4.78 is 0. The first-order valence-electron chi connectivity index (χ1n) is 4.15. The molecule has 10 heavy (non-hydrogen) atoms. The minimum absolute atomic E-state index is 0.786. The summed E-state index contributed by atoms with van der Waals surface area (Å²) in [5, 5.41) is 6.55. The van der Waals surface area contributed by atoms with Crippen molar-refractivity contribution in [2.24, 2.45) is 11.0 Å². The number of rotatable bonds is 1. The molecule has 1 heterocycles. The second-order valence-corrected chi connectivity index (χ2v) is 3.48. The molecule has 1 fully saturated rings. The Labute approximate surface area is 61.9 Å². The molecule has 1 saturated carbocycles. The maximum absolute atomic E-state index is 4.30. The van der Waals surface area contributed by atoms with E-state index in [0.29, 0.717) is 0 Å². The monoisotopic (exact) mass is 138 g/mol. The molecule has 0 aromatic carbocycles. The smallest absolute Gasteiger partial charge is 0.0475 e. The molecule has 0 spiro atoms. The molecule has 2 rings (SSSR count). The van der Waals surface area contributed by atoms with Gasteiger partial charge in [0.25, 0.3) is 0 Å². The molecule has 0 radical (unpaired) electrons. The quantitative estimate of drug-likeness (QED) is 0.536. The molecule has 56 valence electrons. The molecule has 0 unspecified atom stereocenters. The third-order valence-corrected chi connectivity index (χ3v) is 2.49. The molecule has 0 N–H and O–H groups in total. The van der Waals surface area contributed by atoms with Crippen molar-refractivity contribution >= 4 is 6.21 Å². The zero-order valence-corrected chi connectivity index (χ0v) is 6.45. The maximum atomic E-state index is 4.30. The molecule has 0 aromatic rings. The van der Waals surface area contributed by atoms with Gasteiger partial charge in [-0.3, -0.25) is 5.01 Å². The van der Waals surface area contributed by atoms with Gasteiger partial charge in [0.1, 0.15) is 0 Å². The first kappa shape index (κ1) is 6.20. The maximum Gasteiger partial charge on any atom is 0.0475 e. The predicted molar refractivity (Wildman–Crippen MR) is 42.0 cm³/mol. The Morgan fingerprint density at radius 1 is 1.50 bits per heavy atom. The fourth-order valence-electron chi connectivity index (χ4n) is 1.79. The van der Waals surface area contributed by atoms with Crippen LogP contribution in [0.4, 0.5) is 0 Å². The van der Waals surface area contributed by atoms with E-state index in [1.165, 1.54) is 12.8 Å². The first-order valence-corrected chi connectivity index (χ1v) is 4.15. The summed E-state index contributed by atoms with van der Waals surface area (Å²) in [4.78, 5) is 0. The molecular weight excluding hydrogens is 124 g/mol. The van der Waals surface area contributed by atoms with E-state index in [9.17, 15) is 0 Å². The largest absolute Gasteiger partial charge is 0.294 e. The Balaban J connectivity index is 1.84. The molecular formula is C8H14N2. The van der Waals surface area contributed by atoms with E-state index in [1.54, 1.807) is 0 Å². The van der Waals surface area contributed by atoms with Gasteiger partial charge in [0.2, 0.25) is 0 Å². The zero-order valence-electron chi connectivity index (χ0n) is 6.45. The molecule has 0 atom stereocenters. The van der Waals surface area contributed by atoms with Crippen molar-refractivity contribution in [3.63, 3.8) is 0 Å².